The van der Waals surface area contributed by atoms with Crippen LogP contribution in [0.3, 0.4) is 0 Å². The number of rotatable bonds is 7. The van der Waals surface area contributed by atoms with E-state index in [1.165, 1.54) is 4.90 Å². The van der Waals surface area contributed by atoms with Gasteiger partial charge in [0.15, 0.2) is 0 Å². The van der Waals surface area contributed by atoms with Gasteiger partial charge in [-0.25, -0.2) is 4.79 Å². The first-order valence-corrected chi connectivity index (χ1v) is 6.89. The highest BCUT2D eigenvalue weighted by molar-refractivity contribution is 5.89. The number of hydrogen-bond donors (Lipinski definition) is 2. The summed E-state index contributed by atoms with van der Waals surface area (Å²) in [6.45, 7) is 4.29. The lowest BCUT2D eigenvalue weighted by Gasteiger charge is -2.17. The molecule has 0 aromatic heterocycles. The maximum Gasteiger partial charge on any atom is 0.321 e. The van der Waals surface area contributed by atoms with Crippen molar-refractivity contribution in [1.29, 1.82) is 0 Å². The normalized spacial score (nSPS) is 10.3. The second kappa shape index (κ2) is 8.14. The lowest BCUT2D eigenvalue weighted by atomic mass is 10.3. The SMILES string of the molecule is CC(C)Oc1ccc(NC(=O)N(C)CCCC(=O)O)cc1. The van der Waals surface area contributed by atoms with Gasteiger partial charge in [0.25, 0.3) is 0 Å². The number of carboxylic acid groups (broad SMARTS) is 1. The topological polar surface area (TPSA) is 78.9 Å². The van der Waals surface area contributed by atoms with Crippen LogP contribution in [0.15, 0.2) is 24.3 Å². The molecule has 0 unspecified atom stereocenters. The molecule has 0 radical (unpaired) electrons. The van der Waals surface area contributed by atoms with Gasteiger partial charge >= 0.3 is 12.0 Å². The molecule has 21 heavy (non-hydrogen) atoms. The van der Waals surface area contributed by atoms with E-state index in [2.05, 4.69) is 5.32 Å². The summed E-state index contributed by atoms with van der Waals surface area (Å²) in [5.74, 6) is -0.109. The van der Waals surface area contributed by atoms with Gasteiger partial charge in [0.1, 0.15) is 5.75 Å². The molecule has 0 aliphatic heterocycles. The van der Waals surface area contributed by atoms with Crippen molar-refractivity contribution in [3.05, 3.63) is 24.3 Å². The molecule has 0 atom stereocenters. The number of carboxylic acids is 1. The van der Waals surface area contributed by atoms with Crippen LogP contribution in [0, 0.1) is 0 Å². The van der Waals surface area contributed by atoms with Crippen LogP contribution in [0.1, 0.15) is 26.7 Å². The molecule has 0 aliphatic rings. The first kappa shape index (κ1) is 16.8. The first-order chi connectivity index (χ1) is 9.88. The molecule has 0 saturated heterocycles. The molecule has 2 amide bonds. The van der Waals surface area contributed by atoms with E-state index in [1.807, 2.05) is 13.8 Å². The Labute approximate surface area is 124 Å². The van der Waals surface area contributed by atoms with Crippen molar-refractivity contribution in [1.82, 2.24) is 4.90 Å². The molecule has 0 saturated carbocycles. The van der Waals surface area contributed by atoms with Crippen LogP contribution < -0.4 is 10.1 Å². The van der Waals surface area contributed by atoms with Gasteiger partial charge in [0.2, 0.25) is 0 Å². The largest absolute Gasteiger partial charge is 0.491 e. The molecule has 0 bridgehead atoms. The number of hydrogen-bond acceptors (Lipinski definition) is 3. The maximum atomic E-state index is 11.9. The van der Waals surface area contributed by atoms with Crippen molar-refractivity contribution in [2.45, 2.75) is 32.8 Å². The quantitative estimate of drug-likeness (QED) is 0.810. The lowest BCUT2D eigenvalue weighted by Crippen LogP contribution is -2.32. The van der Waals surface area contributed by atoms with Crippen LogP contribution in [-0.4, -0.2) is 41.7 Å². The van der Waals surface area contributed by atoms with Gasteiger partial charge in [0.05, 0.1) is 6.10 Å². The van der Waals surface area contributed by atoms with Crippen molar-refractivity contribution >= 4 is 17.7 Å². The Morgan fingerprint density at radius 2 is 1.90 bits per heavy atom. The number of amides is 2. The first-order valence-electron chi connectivity index (χ1n) is 6.89. The fourth-order valence-electron chi connectivity index (χ4n) is 1.68. The zero-order valence-electron chi connectivity index (χ0n) is 12.6. The molecule has 116 valence electrons. The van der Waals surface area contributed by atoms with Gasteiger partial charge in [-0.2, -0.15) is 0 Å². The zero-order valence-corrected chi connectivity index (χ0v) is 12.6. The van der Waals surface area contributed by atoms with E-state index >= 15 is 0 Å². The van der Waals surface area contributed by atoms with Crippen molar-refractivity contribution < 1.29 is 19.4 Å². The molecule has 0 aliphatic carbocycles. The summed E-state index contributed by atoms with van der Waals surface area (Å²) in [5, 5.41) is 11.3. The molecule has 0 fully saturated rings. The predicted octanol–water partition coefficient (Wildman–Crippen LogP) is 2.80. The number of urea groups is 1. The number of carbonyl (C=O) groups is 2. The zero-order chi connectivity index (χ0) is 15.8. The average Bonchev–Trinajstić information content (AvgIpc) is 2.39. The van der Waals surface area contributed by atoms with Gasteiger partial charge in [-0.05, 0) is 44.5 Å². The fourth-order valence-corrected chi connectivity index (χ4v) is 1.68. The summed E-state index contributed by atoms with van der Waals surface area (Å²) in [4.78, 5) is 23.8. The summed E-state index contributed by atoms with van der Waals surface area (Å²) in [6.07, 6.45) is 0.588. The Morgan fingerprint density at radius 3 is 2.43 bits per heavy atom. The number of anilines is 1. The van der Waals surface area contributed by atoms with Gasteiger partial charge in [-0.3, -0.25) is 4.79 Å². The van der Waals surface area contributed by atoms with Crippen LogP contribution >= 0.6 is 0 Å². The summed E-state index contributed by atoms with van der Waals surface area (Å²) in [7, 11) is 1.63. The summed E-state index contributed by atoms with van der Waals surface area (Å²) < 4.78 is 5.52. The Bertz CT molecular complexity index is 471. The minimum Gasteiger partial charge on any atom is -0.491 e. The Morgan fingerprint density at radius 1 is 1.29 bits per heavy atom. The highest BCUT2D eigenvalue weighted by Crippen LogP contribution is 2.17. The van der Waals surface area contributed by atoms with Crippen LogP contribution in [0.25, 0.3) is 0 Å². The summed E-state index contributed by atoms with van der Waals surface area (Å²) >= 11 is 0. The number of benzene rings is 1. The van der Waals surface area contributed by atoms with E-state index in [0.717, 1.165) is 5.75 Å². The number of carbonyl (C=O) groups excluding carboxylic acids is 1. The summed E-state index contributed by atoms with van der Waals surface area (Å²) in [6, 6.07) is 6.85. The molecule has 2 N–H and O–H groups in total. The summed E-state index contributed by atoms with van der Waals surface area (Å²) in [5.41, 5.74) is 0.668. The molecule has 1 aromatic carbocycles. The minimum absolute atomic E-state index is 0.0544. The van der Waals surface area contributed by atoms with Gasteiger partial charge in [-0.1, -0.05) is 0 Å². The monoisotopic (exact) mass is 294 g/mol. The Balaban J connectivity index is 2.44. The van der Waals surface area contributed by atoms with E-state index in [4.69, 9.17) is 9.84 Å². The van der Waals surface area contributed by atoms with Crippen molar-refractivity contribution in [2.24, 2.45) is 0 Å². The van der Waals surface area contributed by atoms with Crippen LogP contribution in [0.4, 0.5) is 10.5 Å². The van der Waals surface area contributed by atoms with Gasteiger partial charge < -0.3 is 20.1 Å². The fraction of sp³-hybridized carbons (Fsp3) is 0.467. The smallest absolute Gasteiger partial charge is 0.321 e. The van der Waals surface area contributed by atoms with Crippen molar-refractivity contribution in [3.8, 4) is 5.75 Å². The van der Waals surface area contributed by atoms with Crippen LogP contribution in [-0.2, 0) is 4.79 Å². The van der Waals surface area contributed by atoms with E-state index in [1.54, 1.807) is 31.3 Å². The highest BCUT2D eigenvalue weighted by Gasteiger charge is 2.09. The molecule has 6 heteroatoms. The van der Waals surface area contributed by atoms with Crippen molar-refractivity contribution in [2.75, 3.05) is 18.9 Å². The number of aliphatic carboxylic acids is 1. The number of ether oxygens (including phenoxy) is 1. The van der Waals surface area contributed by atoms with E-state index in [0.29, 0.717) is 18.7 Å². The molecular weight excluding hydrogens is 272 g/mol. The van der Waals surface area contributed by atoms with Crippen LogP contribution in [0.5, 0.6) is 5.75 Å². The Kier molecular flexibility index (Phi) is 6.52. The van der Waals surface area contributed by atoms with Gasteiger partial charge in [0, 0.05) is 25.7 Å². The maximum absolute atomic E-state index is 11.9. The molecule has 1 rings (SSSR count). The van der Waals surface area contributed by atoms with E-state index < -0.39 is 5.97 Å². The standard InChI is InChI=1S/C15H22N2O4/c1-11(2)21-13-8-6-12(7-9-13)16-15(20)17(3)10-4-5-14(18)19/h6-9,11H,4-5,10H2,1-3H3,(H,16,20)(H,18,19). The third kappa shape index (κ3) is 6.65. The third-order valence-corrected chi connectivity index (χ3v) is 2.71. The Hall–Kier alpha value is -2.24. The molecule has 0 heterocycles. The highest BCUT2D eigenvalue weighted by atomic mass is 16.5. The number of nitrogens with one attached hydrogen (secondary N) is 1. The van der Waals surface area contributed by atoms with Crippen LogP contribution in [0.2, 0.25) is 0 Å². The van der Waals surface area contributed by atoms with Gasteiger partial charge in [-0.15, -0.1) is 0 Å². The third-order valence-electron chi connectivity index (χ3n) is 2.71. The second-order valence-corrected chi connectivity index (χ2v) is 5.04. The van der Waals surface area contributed by atoms with E-state index in [9.17, 15) is 9.59 Å². The molecule has 6 nitrogen and oxygen atoms in total. The number of nitrogens with zero attached hydrogens (tertiary/aromatic N) is 1. The minimum atomic E-state index is -0.857. The average molecular weight is 294 g/mol. The van der Waals surface area contributed by atoms with Crippen molar-refractivity contribution in [3.63, 3.8) is 0 Å². The lowest BCUT2D eigenvalue weighted by molar-refractivity contribution is -0.137. The molecule has 0 spiro atoms. The molecular formula is C15H22N2O4. The second-order valence-electron chi connectivity index (χ2n) is 5.04. The predicted molar refractivity (Wildman–Crippen MR) is 80.7 cm³/mol. The molecule has 1 aromatic rings. The van der Waals surface area contributed by atoms with E-state index in [-0.39, 0.29) is 18.6 Å².